The number of carbonyl (C=O) groups is 1. The summed E-state index contributed by atoms with van der Waals surface area (Å²) in [4.78, 5) is 21.4. The predicted octanol–water partition coefficient (Wildman–Crippen LogP) is 2.87. The maximum Gasteiger partial charge on any atom is 0.269 e. The van der Waals surface area contributed by atoms with Crippen LogP contribution in [0, 0.1) is 10.1 Å². The second kappa shape index (κ2) is 6.04. The highest BCUT2D eigenvalue weighted by atomic mass is 16.6. The monoisotopic (exact) mass is 285 g/mol. The average molecular weight is 285 g/mol. The number of anilines is 1. The Kier molecular flexibility index (Phi) is 4.18. The molecule has 0 bridgehead atoms. The zero-order valence-electron chi connectivity index (χ0n) is 11.4. The molecule has 2 aromatic carbocycles. The third-order valence-corrected chi connectivity index (χ3v) is 3.13. The maximum atomic E-state index is 11.0. The van der Waals surface area contributed by atoms with E-state index in [9.17, 15) is 14.9 Å². The summed E-state index contributed by atoms with van der Waals surface area (Å²) in [5.74, 6) is -0.478. The molecule has 0 spiro atoms. The average Bonchev–Trinajstić information content (AvgIpc) is 2.48. The van der Waals surface area contributed by atoms with E-state index in [1.54, 1.807) is 30.3 Å². The van der Waals surface area contributed by atoms with Gasteiger partial charge in [0.15, 0.2) is 0 Å². The molecule has 3 N–H and O–H groups in total. The van der Waals surface area contributed by atoms with Gasteiger partial charge in [-0.15, -0.1) is 0 Å². The number of carbonyl (C=O) groups excluding carboxylic acids is 1. The fourth-order valence-corrected chi connectivity index (χ4v) is 1.97. The summed E-state index contributed by atoms with van der Waals surface area (Å²) in [6.07, 6.45) is 0. The number of hydrogen-bond acceptors (Lipinski definition) is 4. The van der Waals surface area contributed by atoms with Gasteiger partial charge < -0.3 is 11.1 Å². The van der Waals surface area contributed by atoms with Crippen molar-refractivity contribution in [2.75, 3.05) is 5.32 Å². The van der Waals surface area contributed by atoms with Gasteiger partial charge in [-0.05, 0) is 36.8 Å². The lowest BCUT2D eigenvalue weighted by atomic mass is 10.1. The molecule has 0 aliphatic heterocycles. The van der Waals surface area contributed by atoms with Crippen LogP contribution in [-0.2, 0) is 0 Å². The summed E-state index contributed by atoms with van der Waals surface area (Å²) in [6.45, 7) is 1.90. The number of nitrogens with zero attached hydrogens (tertiary/aromatic N) is 1. The Morgan fingerprint density at radius 2 is 1.90 bits per heavy atom. The summed E-state index contributed by atoms with van der Waals surface area (Å²) in [7, 11) is 0. The van der Waals surface area contributed by atoms with Crippen LogP contribution in [0.15, 0.2) is 48.5 Å². The molecule has 0 aromatic heterocycles. The summed E-state index contributed by atoms with van der Waals surface area (Å²) in [5.41, 5.74) is 7.29. The van der Waals surface area contributed by atoms with Crippen molar-refractivity contribution in [3.63, 3.8) is 0 Å². The first-order valence-corrected chi connectivity index (χ1v) is 6.38. The first-order chi connectivity index (χ1) is 9.97. The third kappa shape index (κ3) is 3.56. The molecule has 21 heavy (non-hydrogen) atoms. The molecule has 6 heteroatoms. The van der Waals surface area contributed by atoms with Gasteiger partial charge in [0.1, 0.15) is 0 Å². The normalized spacial score (nSPS) is 11.7. The number of nitrogens with one attached hydrogen (secondary N) is 1. The lowest BCUT2D eigenvalue weighted by molar-refractivity contribution is -0.384. The molecule has 0 radical (unpaired) electrons. The Hall–Kier alpha value is -2.89. The van der Waals surface area contributed by atoms with Gasteiger partial charge in [0.2, 0.25) is 5.91 Å². The van der Waals surface area contributed by atoms with Crippen LogP contribution in [0.25, 0.3) is 0 Å². The molecule has 1 amide bonds. The molecule has 0 aliphatic rings. The van der Waals surface area contributed by atoms with E-state index in [0.717, 1.165) is 11.3 Å². The van der Waals surface area contributed by atoms with Gasteiger partial charge in [-0.25, -0.2) is 0 Å². The SMILES string of the molecule is CC(Nc1ccc(C(N)=O)cc1)c1cccc([N+](=O)[O-])c1. The number of nitro benzene ring substituents is 1. The number of nitro groups is 1. The second-order valence-electron chi connectivity index (χ2n) is 4.66. The minimum atomic E-state index is -0.478. The molecule has 1 atom stereocenters. The van der Waals surface area contributed by atoms with Crippen molar-refractivity contribution in [2.45, 2.75) is 13.0 Å². The number of benzene rings is 2. The van der Waals surface area contributed by atoms with Crippen LogP contribution >= 0.6 is 0 Å². The van der Waals surface area contributed by atoms with Gasteiger partial charge in [-0.1, -0.05) is 12.1 Å². The van der Waals surface area contributed by atoms with Crippen LogP contribution in [0.4, 0.5) is 11.4 Å². The quantitative estimate of drug-likeness (QED) is 0.651. The van der Waals surface area contributed by atoms with Crippen molar-refractivity contribution in [3.05, 3.63) is 69.8 Å². The highest BCUT2D eigenvalue weighted by molar-refractivity contribution is 5.93. The summed E-state index contributed by atoms with van der Waals surface area (Å²) < 4.78 is 0. The van der Waals surface area contributed by atoms with E-state index in [1.165, 1.54) is 12.1 Å². The molecular formula is C15H15N3O3. The molecule has 6 nitrogen and oxygen atoms in total. The van der Waals surface area contributed by atoms with Crippen LogP contribution < -0.4 is 11.1 Å². The highest BCUT2D eigenvalue weighted by Gasteiger charge is 2.11. The Morgan fingerprint density at radius 3 is 2.48 bits per heavy atom. The predicted molar refractivity (Wildman–Crippen MR) is 80.1 cm³/mol. The van der Waals surface area contributed by atoms with Gasteiger partial charge in [0, 0.05) is 29.4 Å². The fraction of sp³-hybridized carbons (Fsp3) is 0.133. The molecular weight excluding hydrogens is 270 g/mol. The number of non-ortho nitro benzene ring substituents is 1. The largest absolute Gasteiger partial charge is 0.379 e. The molecule has 0 heterocycles. The van der Waals surface area contributed by atoms with Gasteiger partial charge >= 0.3 is 0 Å². The van der Waals surface area contributed by atoms with Gasteiger partial charge in [0.05, 0.1) is 4.92 Å². The van der Waals surface area contributed by atoms with E-state index in [2.05, 4.69) is 5.32 Å². The first-order valence-electron chi connectivity index (χ1n) is 6.38. The van der Waals surface area contributed by atoms with Crippen LogP contribution in [0.3, 0.4) is 0 Å². The molecule has 0 aliphatic carbocycles. The molecule has 0 saturated heterocycles. The van der Waals surface area contributed by atoms with E-state index in [-0.39, 0.29) is 11.7 Å². The van der Waals surface area contributed by atoms with Crippen molar-refractivity contribution in [2.24, 2.45) is 5.73 Å². The number of rotatable bonds is 5. The van der Waals surface area contributed by atoms with Crippen LogP contribution in [0.2, 0.25) is 0 Å². The van der Waals surface area contributed by atoms with E-state index in [4.69, 9.17) is 5.73 Å². The van der Waals surface area contributed by atoms with Crippen molar-refractivity contribution < 1.29 is 9.72 Å². The van der Waals surface area contributed by atoms with Crippen LogP contribution in [-0.4, -0.2) is 10.8 Å². The molecule has 108 valence electrons. The van der Waals surface area contributed by atoms with E-state index >= 15 is 0 Å². The minimum Gasteiger partial charge on any atom is -0.379 e. The van der Waals surface area contributed by atoms with Crippen LogP contribution in [0.5, 0.6) is 0 Å². The molecule has 2 rings (SSSR count). The van der Waals surface area contributed by atoms with E-state index < -0.39 is 10.8 Å². The third-order valence-electron chi connectivity index (χ3n) is 3.13. The van der Waals surface area contributed by atoms with Gasteiger partial charge in [-0.2, -0.15) is 0 Å². The fourth-order valence-electron chi connectivity index (χ4n) is 1.97. The summed E-state index contributed by atoms with van der Waals surface area (Å²) in [6, 6.07) is 13.1. The topological polar surface area (TPSA) is 98.3 Å². The van der Waals surface area contributed by atoms with Crippen LogP contribution in [0.1, 0.15) is 28.9 Å². The molecule has 0 saturated carbocycles. The Bertz CT molecular complexity index is 668. The second-order valence-corrected chi connectivity index (χ2v) is 4.66. The number of hydrogen-bond donors (Lipinski definition) is 2. The van der Waals surface area contributed by atoms with Crippen molar-refractivity contribution in [1.29, 1.82) is 0 Å². The zero-order chi connectivity index (χ0) is 15.4. The standard InChI is InChI=1S/C15H15N3O3/c1-10(12-3-2-4-14(9-12)18(20)21)17-13-7-5-11(6-8-13)15(16)19/h2-10,17H,1H3,(H2,16,19). The maximum absolute atomic E-state index is 11.0. The van der Waals surface area contributed by atoms with Gasteiger partial charge in [0.25, 0.3) is 5.69 Å². The Labute approximate surface area is 121 Å². The van der Waals surface area contributed by atoms with Crippen molar-refractivity contribution in [3.8, 4) is 0 Å². The number of amides is 1. The summed E-state index contributed by atoms with van der Waals surface area (Å²) >= 11 is 0. The zero-order valence-corrected chi connectivity index (χ0v) is 11.4. The Morgan fingerprint density at radius 1 is 1.24 bits per heavy atom. The van der Waals surface area contributed by atoms with Gasteiger partial charge in [-0.3, -0.25) is 14.9 Å². The van der Waals surface area contributed by atoms with E-state index in [1.807, 2.05) is 13.0 Å². The number of nitrogens with two attached hydrogens (primary N) is 1. The van der Waals surface area contributed by atoms with E-state index in [0.29, 0.717) is 5.56 Å². The molecule has 2 aromatic rings. The highest BCUT2D eigenvalue weighted by Crippen LogP contribution is 2.22. The Balaban J connectivity index is 2.13. The minimum absolute atomic E-state index is 0.0604. The number of primary amides is 1. The first kappa shape index (κ1) is 14.5. The smallest absolute Gasteiger partial charge is 0.269 e. The molecule has 1 unspecified atom stereocenters. The lowest BCUT2D eigenvalue weighted by Crippen LogP contribution is -2.11. The van der Waals surface area contributed by atoms with Crippen molar-refractivity contribution >= 4 is 17.3 Å². The molecule has 0 fully saturated rings. The lowest BCUT2D eigenvalue weighted by Gasteiger charge is -2.15. The van der Waals surface area contributed by atoms with Crippen molar-refractivity contribution in [1.82, 2.24) is 0 Å². The summed E-state index contributed by atoms with van der Waals surface area (Å²) in [5, 5.41) is 14.0.